The Morgan fingerprint density at radius 3 is 2.82 bits per heavy atom. The van der Waals surface area contributed by atoms with Crippen LogP contribution in [0.25, 0.3) is 0 Å². The Bertz CT molecular complexity index is 376. The zero-order valence-electron chi connectivity index (χ0n) is 10.9. The Morgan fingerprint density at radius 1 is 1.35 bits per heavy atom. The predicted molar refractivity (Wildman–Crippen MR) is 69.9 cm³/mol. The summed E-state index contributed by atoms with van der Waals surface area (Å²) in [6, 6.07) is 2.06. The van der Waals surface area contributed by atoms with Crippen LogP contribution in [0.3, 0.4) is 0 Å². The van der Waals surface area contributed by atoms with Gasteiger partial charge in [0.05, 0.1) is 0 Å². The quantitative estimate of drug-likeness (QED) is 0.869. The molecule has 0 aromatic carbocycles. The van der Waals surface area contributed by atoms with Gasteiger partial charge in [-0.15, -0.1) is 0 Å². The molecule has 0 spiro atoms. The van der Waals surface area contributed by atoms with Gasteiger partial charge in [-0.3, -0.25) is 0 Å². The van der Waals surface area contributed by atoms with Gasteiger partial charge in [-0.2, -0.15) is 0 Å². The fraction of sp³-hybridized carbons (Fsp3) is 0.714. The van der Waals surface area contributed by atoms with Gasteiger partial charge in [0.2, 0.25) is 0 Å². The van der Waals surface area contributed by atoms with Gasteiger partial charge in [0.25, 0.3) is 0 Å². The number of hydrogen-bond donors (Lipinski definition) is 1. The zero-order chi connectivity index (χ0) is 12.3. The Kier molecular flexibility index (Phi) is 4.11. The highest BCUT2D eigenvalue weighted by atomic mass is 14.9. The van der Waals surface area contributed by atoms with Crippen LogP contribution < -0.4 is 5.73 Å². The molecule has 1 aromatic heterocycles. The van der Waals surface area contributed by atoms with E-state index in [4.69, 9.17) is 5.73 Å². The van der Waals surface area contributed by atoms with Crippen LogP contribution in [-0.4, -0.2) is 16.5 Å². The van der Waals surface area contributed by atoms with E-state index in [2.05, 4.69) is 29.9 Å². The Balaban J connectivity index is 2.15. The second-order valence-electron chi connectivity index (χ2n) is 5.18. The van der Waals surface area contributed by atoms with Crippen LogP contribution in [0, 0.1) is 12.8 Å². The molecule has 0 aliphatic heterocycles. The molecule has 2 N–H and O–H groups in total. The van der Waals surface area contributed by atoms with Crippen LogP contribution in [0.5, 0.6) is 0 Å². The largest absolute Gasteiger partial charge is 0.330 e. The summed E-state index contributed by atoms with van der Waals surface area (Å²) in [6.07, 6.45) is 6.01. The average molecular weight is 233 g/mol. The first kappa shape index (κ1) is 12.5. The van der Waals surface area contributed by atoms with Gasteiger partial charge in [0.15, 0.2) is 0 Å². The van der Waals surface area contributed by atoms with E-state index >= 15 is 0 Å². The minimum absolute atomic E-state index is 0.580. The summed E-state index contributed by atoms with van der Waals surface area (Å²) < 4.78 is 0. The first-order valence-corrected chi connectivity index (χ1v) is 6.77. The first-order valence-electron chi connectivity index (χ1n) is 6.77. The highest BCUT2D eigenvalue weighted by Crippen LogP contribution is 2.38. The summed E-state index contributed by atoms with van der Waals surface area (Å²) in [5, 5.41) is 0. The van der Waals surface area contributed by atoms with Crippen molar-refractivity contribution < 1.29 is 0 Å². The molecule has 94 valence electrons. The maximum atomic E-state index is 5.60. The lowest BCUT2D eigenvalue weighted by atomic mass is 10.0. The van der Waals surface area contributed by atoms with Gasteiger partial charge in [-0.05, 0) is 44.7 Å². The summed E-state index contributed by atoms with van der Waals surface area (Å²) in [6.45, 7) is 5.00. The Hall–Kier alpha value is -0.960. The van der Waals surface area contributed by atoms with Crippen LogP contribution in [-0.2, 0) is 6.42 Å². The molecule has 0 radical (unpaired) electrons. The molecule has 3 nitrogen and oxygen atoms in total. The number of aromatic nitrogens is 2. The molecule has 0 amide bonds. The molecule has 2 rings (SSSR count). The van der Waals surface area contributed by atoms with Crippen LogP contribution in [0.1, 0.15) is 55.7 Å². The molecule has 17 heavy (non-hydrogen) atoms. The highest BCUT2D eigenvalue weighted by Gasteiger charge is 2.26. The predicted octanol–water partition coefficient (Wildman–Crippen LogP) is 2.58. The van der Waals surface area contributed by atoms with Crippen LogP contribution in [0.2, 0.25) is 0 Å². The molecule has 1 aliphatic carbocycles. The lowest BCUT2D eigenvalue weighted by Crippen LogP contribution is -2.09. The monoisotopic (exact) mass is 233 g/mol. The Labute approximate surface area is 104 Å². The number of rotatable bonds is 4. The summed E-state index contributed by atoms with van der Waals surface area (Å²) in [4.78, 5) is 9.30. The smallest absolute Gasteiger partial charge is 0.131 e. The number of hydrogen-bond acceptors (Lipinski definition) is 3. The minimum atomic E-state index is 0.580. The van der Waals surface area contributed by atoms with Crippen molar-refractivity contribution in [2.75, 3.05) is 6.54 Å². The van der Waals surface area contributed by atoms with Crippen LogP contribution in [0.4, 0.5) is 0 Å². The molecule has 1 aromatic rings. The maximum absolute atomic E-state index is 5.60. The molecule has 2 atom stereocenters. The van der Waals surface area contributed by atoms with E-state index in [1.165, 1.54) is 25.7 Å². The van der Waals surface area contributed by atoms with Gasteiger partial charge >= 0.3 is 0 Å². The number of aryl methyl sites for hydroxylation is 1. The van der Waals surface area contributed by atoms with Crippen molar-refractivity contribution in [2.24, 2.45) is 11.7 Å². The van der Waals surface area contributed by atoms with E-state index in [1.807, 2.05) is 0 Å². The van der Waals surface area contributed by atoms with Gasteiger partial charge in [0.1, 0.15) is 5.82 Å². The minimum Gasteiger partial charge on any atom is -0.330 e. The van der Waals surface area contributed by atoms with Gasteiger partial charge < -0.3 is 5.73 Å². The molecule has 0 bridgehead atoms. The fourth-order valence-electron chi connectivity index (χ4n) is 2.80. The van der Waals surface area contributed by atoms with Crippen molar-refractivity contribution in [3.8, 4) is 0 Å². The normalized spacial score (nSPS) is 24.2. The molecule has 3 heteroatoms. The molecule has 1 heterocycles. The lowest BCUT2D eigenvalue weighted by molar-refractivity contribution is 0.516. The molecule has 0 saturated heterocycles. The van der Waals surface area contributed by atoms with Crippen molar-refractivity contribution >= 4 is 0 Å². The average Bonchev–Trinajstić information content (AvgIpc) is 2.77. The van der Waals surface area contributed by atoms with E-state index in [-0.39, 0.29) is 0 Å². The molecule has 2 unspecified atom stereocenters. The third kappa shape index (κ3) is 3.03. The van der Waals surface area contributed by atoms with E-state index in [0.717, 1.165) is 29.6 Å². The first-order chi connectivity index (χ1) is 8.22. The third-order valence-corrected chi connectivity index (χ3v) is 3.81. The summed E-state index contributed by atoms with van der Waals surface area (Å²) in [7, 11) is 0. The molecule has 1 fully saturated rings. The van der Waals surface area contributed by atoms with E-state index < -0.39 is 0 Å². The number of nitrogens with zero attached hydrogens (tertiary/aromatic N) is 2. The lowest BCUT2D eigenvalue weighted by Gasteiger charge is -2.11. The van der Waals surface area contributed by atoms with Crippen molar-refractivity contribution in [1.29, 1.82) is 0 Å². The number of nitrogens with two attached hydrogens (primary N) is 1. The van der Waals surface area contributed by atoms with Gasteiger partial charge in [0, 0.05) is 23.7 Å². The standard InChI is InChI=1S/C14H23N3/c1-3-11-4-5-12(9-11)14-16-10(2)8-13(17-14)6-7-15/h8,11-12H,3-7,9,15H2,1-2H3. The van der Waals surface area contributed by atoms with Crippen LogP contribution in [0.15, 0.2) is 6.07 Å². The fourth-order valence-corrected chi connectivity index (χ4v) is 2.80. The zero-order valence-corrected chi connectivity index (χ0v) is 10.9. The van der Waals surface area contributed by atoms with E-state index in [1.54, 1.807) is 0 Å². The van der Waals surface area contributed by atoms with Gasteiger partial charge in [-0.1, -0.05) is 13.3 Å². The molecular weight excluding hydrogens is 210 g/mol. The Morgan fingerprint density at radius 2 is 2.18 bits per heavy atom. The second-order valence-corrected chi connectivity index (χ2v) is 5.18. The van der Waals surface area contributed by atoms with Crippen molar-refractivity contribution in [1.82, 2.24) is 9.97 Å². The van der Waals surface area contributed by atoms with E-state index in [9.17, 15) is 0 Å². The third-order valence-electron chi connectivity index (χ3n) is 3.81. The highest BCUT2D eigenvalue weighted by molar-refractivity contribution is 5.13. The van der Waals surface area contributed by atoms with Crippen LogP contribution >= 0.6 is 0 Å². The van der Waals surface area contributed by atoms with Crippen molar-refractivity contribution in [3.05, 3.63) is 23.3 Å². The molecule has 1 saturated carbocycles. The summed E-state index contributed by atoms with van der Waals surface area (Å²) >= 11 is 0. The van der Waals surface area contributed by atoms with Crippen molar-refractivity contribution in [3.63, 3.8) is 0 Å². The summed E-state index contributed by atoms with van der Waals surface area (Å²) in [5.41, 5.74) is 7.79. The van der Waals surface area contributed by atoms with Crippen molar-refractivity contribution in [2.45, 2.75) is 51.9 Å². The van der Waals surface area contributed by atoms with E-state index in [0.29, 0.717) is 12.5 Å². The SMILES string of the molecule is CCC1CCC(c2nc(C)cc(CCN)n2)C1. The second kappa shape index (κ2) is 5.58. The molecule has 1 aliphatic rings. The molecular formula is C14H23N3. The maximum Gasteiger partial charge on any atom is 0.131 e. The van der Waals surface area contributed by atoms with Gasteiger partial charge in [-0.25, -0.2) is 9.97 Å². The summed E-state index contributed by atoms with van der Waals surface area (Å²) in [5.74, 6) is 2.52. The topological polar surface area (TPSA) is 51.8 Å².